The Morgan fingerprint density at radius 2 is 2.08 bits per heavy atom. The monoisotopic (exact) mass is 379 g/mol. The summed E-state index contributed by atoms with van der Waals surface area (Å²) in [5, 5.41) is 2.99. The molecule has 0 spiro atoms. The second-order valence-corrected chi connectivity index (χ2v) is 7.29. The standard InChI is InChI=1S/C18H19F2N3O2S/c1-2-6-23-7-5-11-14(9-23)26-18(15(11)16(21)24)22-17(25)10-3-4-12(19)13(20)8-10/h3-4,8H,2,5-7,9H2,1H3,(H2,21,24)(H,22,25). The Morgan fingerprint density at radius 1 is 1.31 bits per heavy atom. The van der Waals surface area contributed by atoms with Gasteiger partial charge in [-0.3, -0.25) is 14.5 Å². The highest BCUT2D eigenvalue weighted by atomic mass is 32.1. The smallest absolute Gasteiger partial charge is 0.256 e. The molecule has 0 aliphatic carbocycles. The van der Waals surface area contributed by atoms with Gasteiger partial charge in [0.1, 0.15) is 5.00 Å². The molecule has 1 aliphatic rings. The van der Waals surface area contributed by atoms with Crippen LogP contribution in [0.5, 0.6) is 0 Å². The first-order valence-electron chi connectivity index (χ1n) is 8.33. The van der Waals surface area contributed by atoms with Crippen LogP contribution in [0.1, 0.15) is 44.5 Å². The maximum absolute atomic E-state index is 13.4. The van der Waals surface area contributed by atoms with Gasteiger partial charge in [0.05, 0.1) is 5.56 Å². The summed E-state index contributed by atoms with van der Waals surface area (Å²) in [5.74, 6) is -3.35. The summed E-state index contributed by atoms with van der Waals surface area (Å²) in [7, 11) is 0. The number of nitrogens with one attached hydrogen (secondary N) is 1. The van der Waals surface area contributed by atoms with E-state index in [1.54, 1.807) is 0 Å². The Hall–Kier alpha value is -2.32. The molecule has 0 unspecified atom stereocenters. The lowest BCUT2D eigenvalue weighted by Gasteiger charge is -2.26. The fourth-order valence-corrected chi connectivity index (χ4v) is 4.42. The Morgan fingerprint density at radius 3 is 2.73 bits per heavy atom. The van der Waals surface area contributed by atoms with E-state index in [4.69, 9.17) is 5.73 Å². The van der Waals surface area contributed by atoms with Crippen molar-refractivity contribution in [2.75, 3.05) is 18.4 Å². The molecule has 5 nitrogen and oxygen atoms in total. The van der Waals surface area contributed by atoms with Crippen LogP contribution in [0.2, 0.25) is 0 Å². The largest absolute Gasteiger partial charge is 0.365 e. The zero-order valence-electron chi connectivity index (χ0n) is 14.3. The molecule has 0 bridgehead atoms. The third kappa shape index (κ3) is 3.61. The van der Waals surface area contributed by atoms with E-state index in [2.05, 4.69) is 17.1 Å². The third-order valence-electron chi connectivity index (χ3n) is 4.33. The second kappa shape index (κ2) is 7.51. The number of nitrogens with zero attached hydrogens (tertiary/aromatic N) is 1. The quantitative estimate of drug-likeness (QED) is 0.838. The molecular formula is C18H19F2N3O2S. The van der Waals surface area contributed by atoms with Crippen molar-refractivity contribution in [1.29, 1.82) is 0 Å². The van der Waals surface area contributed by atoms with E-state index in [0.717, 1.165) is 42.1 Å². The molecule has 0 atom stereocenters. The molecule has 3 N–H and O–H groups in total. The van der Waals surface area contributed by atoms with Crippen molar-refractivity contribution < 1.29 is 18.4 Å². The maximum atomic E-state index is 13.4. The van der Waals surface area contributed by atoms with Crippen molar-refractivity contribution in [3.8, 4) is 0 Å². The van der Waals surface area contributed by atoms with Gasteiger partial charge in [0.25, 0.3) is 11.8 Å². The number of carbonyl (C=O) groups is 2. The summed E-state index contributed by atoms with van der Waals surface area (Å²) in [6.45, 7) is 4.59. The Kier molecular flexibility index (Phi) is 5.33. The van der Waals surface area contributed by atoms with E-state index in [1.807, 2.05) is 0 Å². The molecule has 0 fully saturated rings. The fraction of sp³-hybridized carbons (Fsp3) is 0.333. The van der Waals surface area contributed by atoms with Crippen molar-refractivity contribution in [1.82, 2.24) is 4.90 Å². The highest BCUT2D eigenvalue weighted by molar-refractivity contribution is 7.17. The molecule has 0 radical (unpaired) electrons. The van der Waals surface area contributed by atoms with Gasteiger partial charge in [-0.15, -0.1) is 11.3 Å². The summed E-state index contributed by atoms with van der Waals surface area (Å²) in [6.07, 6.45) is 1.72. The fourth-order valence-electron chi connectivity index (χ4n) is 3.12. The molecule has 0 saturated carbocycles. The Balaban J connectivity index is 1.89. The predicted molar refractivity (Wildman–Crippen MR) is 96.4 cm³/mol. The second-order valence-electron chi connectivity index (χ2n) is 6.18. The van der Waals surface area contributed by atoms with Gasteiger partial charge < -0.3 is 11.1 Å². The maximum Gasteiger partial charge on any atom is 0.256 e. The highest BCUT2D eigenvalue weighted by Crippen LogP contribution is 2.37. The van der Waals surface area contributed by atoms with Crippen LogP contribution in [-0.2, 0) is 13.0 Å². The summed E-state index contributed by atoms with van der Waals surface area (Å²) in [6, 6.07) is 2.90. The lowest BCUT2D eigenvalue weighted by atomic mass is 10.0. The van der Waals surface area contributed by atoms with Crippen LogP contribution in [0.15, 0.2) is 18.2 Å². The van der Waals surface area contributed by atoms with E-state index in [1.165, 1.54) is 17.4 Å². The zero-order chi connectivity index (χ0) is 18.8. The van der Waals surface area contributed by atoms with Gasteiger partial charge in [-0.25, -0.2) is 8.78 Å². The average molecular weight is 379 g/mol. The number of fused-ring (bicyclic) bond motifs is 1. The molecule has 1 aromatic heterocycles. The number of carbonyl (C=O) groups excluding carboxylic acids is 2. The van der Waals surface area contributed by atoms with E-state index in [9.17, 15) is 18.4 Å². The number of hydrogen-bond donors (Lipinski definition) is 2. The van der Waals surface area contributed by atoms with E-state index in [-0.39, 0.29) is 5.56 Å². The van der Waals surface area contributed by atoms with Crippen molar-refractivity contribution in [3.05, 3.63) is 51.4 Å². The molecule has 138 valence electrons. The normalized spacial score (nSPS) is 14.1. The minimum atomic E-state index is -1.10. The highest BCUT2D eigenvalue weighted by Gasteiger charge is 2.27. The van der Waals surface area contributed by atoms with Crippen LogP contribution < -0.4 is 11.1 Å². The number of benzene rings is 1. The summed E-state index contributed by atoms with van der Waals surface area (Å²) in [5.41, 5.74) is 6.69. The number of anilines is 1. The van der Waals surface area contributed by atoms with Crippen LogP contribution >= 0.6 is 11.3 Å². The first-order chi connectivity index (χ1) is 12.4. The topological polar surface area (TPSA) is 75.4 Å². The van der Waals surface area contributed by atoms with Crippen molar-refractivity contribution in [3.63, 3.8) is 0 Å². The summed E-state index contributed by atoms with van der Waals surface area (Å²) < 4.78 is 26.4. The molecule has 2 amide bonds. The van der Waals surface area contributed by atoms with Gasteiger partial charge >= 0.3 is 0 Å². The van der Waals surface area contributed by atoms with Gasteiger partial charge in [-0.05, 0) is 43.1 Å². The summed E-state index contributed by atoms with van der Waals surface area (Å²) >= 11 is 1.31. The molecular weight excluding hydrogens is 360 g/mol. The number of hydrogen-bond acceptors (Lipinski definition) is 4. The van der Waals surface area contributed by atoms with Crippen LogP contribution in [0.25, 0.3) is 0 Å². The van der Waals surface area contributed by atoms with Crippen molar-refractivity contribution in [2.45, 2.75) is 26.3 Å². The third-order valence-corrected chi connectivity index (χ3v) is 5.46. The molecule has 8 heteroatoms. The number of primary amides is 1. The van der Waals surface area contributed by atoms with Crippen LogP contribution in [0.3, 0.4) is 0 Å². The summed E-state index contributed by atoms with van der Waals surface area (Å²) in [4.78, 5) is 27.6. The minimum absolute atomic E-state index is 0.0294. The van der Waals surface area contributed by atoms with Crippen molar-refractivity contribution in [2.24, 2.45) is 5.73 Å². The first-order valence-corrected chi connectivity index (χ1v) is 9.15. The molecule has 0 saturated heterocycles. The molecule has 3 rings (SSSR count). The van der Waals surface area contributed by atoms with E-state index in [0.29, 0.717) is 23.5 Å². The van der Waals surface area contributed by atoms with E-state index >= 15 is 0 Å². The average Bonchev–Trinajstić information content (AvgIpc) is 2.94. The molecule has 2 aromatic rings. The van der Waals surface area contributed by atoms with Gasteiger partial charge in [0.15, 0.2) is 11.6 Å². The lowest BCUT2D eigenvalue weighted by molar-refractivity contribution is 0.1000. The minimum Gasteiger partial charge on any atom is -0.365 e. The molecule has 1 aliphatic heterocycles. The van der Waals surface area contributed by atoms with E-state index < -0.39 is 23.4 Å². The first kappa shape index (κ1) is 18.5. The van der Waals surface area contributed by atoms with Gasteiger partial charge in [0, 0.05) is 23.5 Å². The van der Waals surface area contributed by atoms with Crippen LogP contribution in [0.4, 0.5) is 13.8 Å². The molecule has 26 heavy (non-hydrogen) atoms. The van der Waals surface area contributed by atoms with Crippen LogP contribution in [0, 0.1) is 11.6 Å². The molecule has 2 heterocycles. The molecule has 1 aromatic carbocycles. The number of rotatable bonds is 5. The Bertz CT molecular complexity index is 866. The number of amides is 2. The van der Waals surface area contributed by atoms with Crippen LogP contribution in [-0.4, -0.2) is 29.8 Å². The number of nitrogens with two attached hydrogens (primary N) is 1. The van der Waals surface area contributed by atoms with Crippen molar-refractivity contribution >= 4 is 28.2 Å². The van der Waals surface area contributed by atoms with Gasteiger partial charge in [-0.1, -0.05) is 6.92 Å². The van der Waals surface area contributed by atoms with Gasteiger partial charge in [0.2, 0.25) is 0 Å². The Labute approximate surface area is 153 Å². The zero-order valence-corrected chi connectivity index (χ0v) is 15.1. The number of thiophene rings is 1. The number of halogens is 2. The van der Waals surface area contributed by atoms with Gasteiger partial charge in [-0.2, -0.15) is 0 Å². The predicted octanol–water partition coefficient (Wildman–Crippen LogP) is 3.15. The SMILES string of the molecule is CCCN1CCc2c(sc(NC(=O)c3ccc(F)c(F)c3)c2C(N)=O)C1. The lowest BCUT2D eigenvalue weighted by Crippen LogP contribution is -2.31.